The van der Waals surface area contributed by atoms with E-state index in [-0.39, 0.29) is 6.04 Å². The van der Waals surface area contributed by atoms with Gasteiger partial charge < -0.3 is 10.5 Å². The Kier molecular flexibility index (Phi) is 4.28. The number of aromatic nitrogens is 2. The summed E-state index contributed by atoms with van der Waals surface area (Å²) < 4.78 is 5.61. The molecule has 0 aromatic carbocycles. The van der Waals surface area contributed by atoms with E-state index in [2.05, 4.69) is 9.97 Å². The molecule has 0 spiro atoms. The van der Waals surface area contributed by atoms with Crippen molar-refractivity contribution in [1.29, 1.82) is 0 Å². The zero-order chi connectivity index (χ0) is 14.7. The van der Waals surface area contributed by atoms with Crippen molar-refractivity contribution in [3.8, 4) is 27.2 Å². The molecule has 1 atom stereocenters. The predicted molar refractivity (Wildman–Crippen MR) is 87.8 cm³/mol. The molecule has 3 aromatic rings. The molecule has 0 saturated carbocycles. The second kappa shape index (κ2) is 6.34. The van der Waals surface area contributed by atoms with Crippen LogP contribution in [0.5, 0.6) is 6.01 Å². The minimum absolute atomic E-state index is 0.0517. The summed E-state index contributed by atoms with van der Waals surface area (Å²) in [4.78, 5) is 11.2. The molecule has 0 aliphatic heterocycles. The van der Waals surface area contributed by atoms with E-state index < -0.39 is 0 Å². The third kappa shape index (κ3) is 3.47. The minimum Gasteiger partial charge on any atom is -0.462 e. The molecule has 4 nitrogen and oxygen atoms in total. The maximum Gasteiger partial charge on any atom is 0.317 e. The first-order valence-corrected chi connectivity index (χ1v) is 8.33. The third-order valence-corrected chi connectivity index (χ3v) is 4.51. The van der Waals surface area contributed by atoms with Gasteiger partial charge in [-0.25, -0.2) is 0 Å². The average Bonchev–Trinajstić information content (AvgIpc) is 3.17. The van der Waals surface area contributed by atoms with E-state index in [1.165, 1.54) is 0 Å². The maximum atomic E-state index is 5.73. The number of rotatable bonds is 5. The Morgan fingerprint density at radius 1 is 1.10 bits per heavy atom. The van der Waals surface area contributed by atoms with Gasteiger partial charge in [0.15, 0.2) is 0 Å². The molecule has 3 heterocycles. The molecule has 0 radical (unpaired) electrons. The highest BCUT2D eigenvalue weighted by Crippen LogP contribution is 2.30. The van der Waals surface area contributed by atoms with Crippen LogP contribution in [0.25, 0.3) is 21.1 Å². The number of thiophene rings is 2. The van der Waals surface area contributed by atoms with Crippen LogP contribution in [0, 0.1) is 0 Å². The second-order valence-corrected chi connectivity index (χ2v) is 6.56. The van der Waals surface area contributed by atoms with Crippen LogP contribution >= 0.6 is 22.7 Å². The van der Waals surface area contributed by atoms with E-state index in [1.54, 1.807) is 22.7 Å². The van der Waals surface area contributed by atoms with Crippen LogP contribution in [0.4, 0.5) is 0 Å². The van der Waals surface area contributed by atoms with Crippen molar-refractivity contribution in [2.75, 3.05) is 6.61 Å². The Hall–Kier alpha value is -1.76. The van der Waals surface area contributed by atoms with Crippen LogP contribution in [-0.4, -0.2) is 22.6 Å². The van der Waals surface area contributed by atoms with Crippen molar-refractivity contribution in [3.63, 3.8) is 0 Å². The first-order chi connectivity index (χ1) is 10.2. The fraction of sp³-hybridized carbons (Fsp3) is 0.200. The van der Waals surface area contributed by atoms with Gasteiger partial charge in [0, 0.05) is 6.04 Å². The lowest BCUT2D eigenvalue weighted by Gasteiger charge is -2.09. The van der Waals surface area contributed by atoms with Gasteiger partial charge in [0.25, 0.3) is 0 Å². The molecule has 108 valence electrons. The molecule has 0 aliphatic rings. The summed E-state index contributed by atoms with van der Waals surface area (Å²) in [6.45, 7) is 2.29. The van der Waals surface area contributed by atoms with Crippen LogP contribution in [0.1, 0.15) is 6.92 Å². The summed E-state index contributed by atoms with van der Waals surface area (Å²) in [6.07, 6.45) is 0. The fourth-order valence-corrected chi connectivity index (χ4v) is 3.17. The number of hydrogen-bond donors (Lipinski definition) is 1. The molecule has 2 N–H and O–H groups in total. The fourth-order valence-electron chi connectivity index (χ4n) is 1.80. The van der Waals surface area contributed by atoms with E-state index in [0.717, 1.165) is 21.1 Å². The molecular weight excluding hydrogens is 302 g/mol. The lowest BCUT2D eigenvalue weighted by Crippen LogP contribution is -2.24. The summed E-state index contributed by atoms with van der Waals surface area (Å²) in [6, 6.07) is 10.4. The van der Waals surface area contributed by atoms with Gasteiger partial charge >= 0.3 is 6.01 Å². The van der Waals surface area contributed by atoms with Gasteiger partial charge in [-0.3, -0.25) is 0 Å². The highest BCUT2D eigenvalue weighted by molar-refractivity contribution is 7.13. The summed E-state index contributed by atoms with van der Waals surface area (Å²) in [7, 11) is 0. The lowest BCUT2D eigenvalue weighted by atomic mass is 10.2. The summed E-state index contributed by atoms with van der Waals surface area (Å²) >= 11 is 3.30. The van der Waals surface area contributed by atoms with Crippen LogP contribution in [0.3, 0.4) is 0 Å². The monoisotopic (exact) mass is 317 g/mol. The Labute approximate surface area is 131 Å². The molecule has 1 unspecified atom stereocenters. The summed E-state index contributed by atoms with van der Waals surface area (Å²) in [5.41, 5.74) is 7.48. The molecule has 3 aromatic heterocycles. The highest BCUT2D eigenvalue weighted by atomic mass is 32.1. The first kappa shape index (κ1) is 14.2. The Morgan fingerprint density at radius 3 is 2.10 bits per heavy atom. The van der Waals surface area contributed by atoms with Gasteiger partial charge in [0.1, 0.15) is 6.61 Å². The molecular formula is C15H15N3OS2. The molecule has 21 heavy (non-hydrogen) atoms. The SMILES string of the molecule is CC(N)COc1nc(-c2cccs2)cc(-c2cccs2)n1. The molecule has 6 heteroatoms. The number of hydrogen-bond acceptors (Lipinski definition) is 6. The zero-order valence-corrected chi connectivity index (χ0v) is 13.2. The Bertz CT molecular complexity index is 641. The first-order valence-electron chi connectivity index (χ1n) is 6.57. The smallest absolute Gasteiger partial charge is 0.317 e. The van der Waals surface area contributed by atoms with Crippen molar-refractivity contribution in [2.24, 2.45) is 5.73 Å². The van der Waals surface area contributed by atoms with E-state index in [1.807, 2.05) is 48.0 Å². The van der Waals surface area contributed by atoms with Crippen LogP contribution < -0.4 is 10.5 Å². The normalized spacial score (nSPS) is 12.3. The quantitative estimate of drug-likeness (QED) is 0.780. The van der Waals surface area contributed by atoms with Gasteiger partial charge in [0.05, 0.1) is 21.1 Å². The van der Waals surface area contributed by atoms with Crippen molar-refractivity contribution in [2.45, 2.75) is 13.0 Å². The van der Waals surface area contributed by atoms with E-state index in [0.29, 0.717) is 12.6 Å². The van der Waals surface area contributed by atoms with E-state index >= 15 is 0 Å². The van der Waals surface area contributed by atoms with Crippen molar-refractivity contribution in [1.82, 2.24) is 9.97 Å². The molecule has 0 amide bonds. The summed E-state index contributed by atoms with van der Waals surface area (Å²) in [5.74, 6) is 0. The minimum atomic E-state index is -0.0517. The van der Waals surface area contributed by atoms with Crippen LogP contribution in [0.15, 0.2) is 41.1 Å². The zero-order valence-electron chi connectivity index (χ0n) is 11.5. The van der Waals surface area contributed by atoms with Gasteiger partial charge in [0.2, 0.25) is 0 Å². The summed E-state index contributed by atoms with van der Waals surface area (Å²) in [5, 5.41) is 4.06. The Morgan fingerprint density at radius 2 is 1.67 bits per heavy atom. The topological polar surface area (TPSA) is 61.0 Å². The van der Waals surface area contributed by atoms with E-state index in [4.69, 9.17) is 10.5 Å². The number of ether oxygens (including phenoxy) is 1. The molecule has 0 fully saturated rings. The van der Waals surface area contributed by atoms with Crippen molar-refractivity contribution >= 4 is 22.7 Å². The van der Waals surface area contributed by atoms with Crippen LogP contribution in [0.2, 0.25) is 0 Å². The second-order valence-electron chi connectivity index (χ2n) is 4.66. The number of nitrogens with two attached hydrogens (primary N) is 1. The highest BCUT2D eigenvalue weighted by Gasteiger charge is 2.11. The predicted octanol–water partition coefficient (Wildman–Crippen LogP) is 3.66. The number of nitrogens with zero attached hydrogens (tertiary/aromatic N) is 2. The molecule has 3 rings (SSSR count). The van der Waals surface area contributed by atoms with E-state index in [9.17, 15) is 0 Å². The van der Waals surface area contributed by atoms with Gasteiger partial charge in [-0.2, -0.15) is 9.97 Å². The maximum absolute atomic E-state index is 5.73. The third-order valence-electron chi connectivity index (χ3n) is 2.73. The Balaban J connectivity index is 2.00. The molecule has 0 bridgehead atoms. The molecule has 0 saturated heterocycles. The largest absolute Gasteiger partial charge is 0.462 e. The lowest BCUT2D eigenvalue weighted by molar-refractivity contribution is 0.274. The molecule has 0 aliphatic carbocycles. The van der Waals surface area contributed by atoms with Crippen LogP contribution in [-0.2, 0) is 0 Å². The van der Waals surface area contributed by atoms with Crippen molar-refractivity contribution < 1.29 is 4.74 Å². The standard InChI is InChI=1S/C15H15N3OS2/c1-10(16)9-19-15-17-11(13-4-2-6-20-13)8-12(18-15)14-5-3-7-21-14/h2-8,10H,9,16H2,1H3. The van der Waals surface area contributed by atoms with Crippen molar-refractivity contribution in [3.05, 3.63) is 41.1 Å². The average molecular weight is 317 g/mol. The van der Waals surface area contributed by atoms with Gasteiger partial charge in [-0.05, 0) is 35.9 Å². The van der Waals surface area contributed by atoms with Gasteiger partial charge in [-0.15, -0.1) is 22.7 Å². The van der Waals surface area contributed by atoms with Gasteiger partial charge in [-0.1, -0.05) is 12.1 Å².